The molecule has 0 aliphatic heterocycles. The van der Waals surface area contributed by atoms with Crippen LogP contribution >= 0.6 is 0 Å². The molecule has 20 heavy (non-hydrogen) atoms. The molecule has 0 fully saturated rings. The Bertz CT molecular complexity index is 434. The van der Waals surface area contributed by atoms with Crippen molar-refractivity contribution in [3.05, 3.63) is 35.9 Å². The molecule has 5 nitrogen and oxygen atoms in total. The summed E-state index contributed by atoms with van der Waals surface area (Å²) in [5.74, 6) is -0.935. The van der Waals surface area contributed by atoms with Gasteiger partial charge >= 0.3 is 5.97 Å². The van der Waals surface area contributed by atoms with Gasteiger partial charge in [0.05, 0.1) is 19.0 Å². The molecular weight excluding hydrogens is 256 g/mol. The summed E-state index contributed by atoms with van der Waals surface area (Å²) in [6, 6.07) is 9.68. The lowest BCUT2D eigenvalue weighted by Crippen LogP contribution is -2.39. The second-order valence-electron chi connectivity index (χ2n) is 4.71. The average molecular weight is 278 g/mol. The Balaban J connectivity index is 2.43. The maximum atomic E-state index is 11.9. The van der Waals surface area contributed by atoms with Gasteiger partial charge < -0.3 is 10.4 Å². The Morgan fingerprint density at radius 1 is 1.30 bits per heavy atom. The van der Waals surface area contributed by atoms with E-state index in [1.807, 2.05) is 49.1 Å². The summed E-state index contributed by atoms with van der Waals surface area (Å²) in [5.41, 5.74) is 1.05. The van der Waals surface area contributed by atoms with Crippen molar-refractivity contribution in [1.29, 1.82) is 0 Å². The van der Waals surface area contributed by atoms with Crippen LogP contribution in [0.1, 0.15) is 31.9 Å². The highest BCUT2D eigenvalue weighted by Crippen LogP contribution is 2.10. The van der Waals surface area contributed by atoms with Crippen molar-refractivity contribution in [2.75, 3.05) is 19.6 Å². The first-order chi connectivity index (χ1) is 9.52. The molecule has 5 heteroatoms. The Morgan fingerprint density at radius 2 is 1.95 bits per heavy atom. The van der Waals surface area contributed by atoms with E-state index in [4.69, 9.17) is 5.11 Å². The molecule has 1 amide bonds. The zero-order valence-corrected chi connectivity index (χ0v) is 12.0. The van der Waals surface area contributed by atoms with Crippen LogP contribution in [0.15, 0.2) is 30.3 Å². The van der Waals surface area contributed by atoms with Gasteiger partial charge in [0.15, 0.2) is 0 Å². The normalized spacial score (nSPS) is 12.2. The van der Waals surface area contributed by atoms with E-state index in [0.717, 1.165) is 5.56 Å². The number of aliphatic carboxylic acids is 1. The molecule has 1 aromatic carbocycles. The van der Waals surface area contributed by atoms with Gasteiger partial charge in [-0.05, 0) is 19.0 Å². The van der Waals surface area contributed by atoms with Crippen molar-refractivity contribution in [3.63, 3.8) is 0 Å². The number of hydrogen-bond acceptors (Lipinski definition) is 3. The van der Waals surface area contributed by atoms with Crippen LogP contribution in [0.25, 0.3) is 0 Å². The lowest BCUT2D eigenvalue weighted by Gasteiger charge is -2.21. The van der Waals surface area contributed by atoms with E-state index in [-0.39, 0.29) is 24.9 Å². The Morgan fingerprint density at radius 3 is 2.50 bits per heavy atom. The SMILES string of the molecule is CCN(CCC(=O)O)CC(=O)NC(C)c1ccccc1. The van der Waals surface area contributed by atoms with Gasteiger partial charge in [-0.3, -0.25) is 14.5 Å². The number of likely N-dealkylation sites (N-methyl/N-ethyl adjacent to an activating group) is 1. The van der Waals surface area contributed by atoms with Crippen LogP contribution in [-0.2, 0) is 9.59 Å². The largest absolute Gasteiger partial charge is 0.481 e. The van der Waals surface area contributed by atoms with Crippen LogP contribution in [0.2, 0.25) is 0 Å². The highest BCUT2D eigenvalue weighted by Gasteiger charge is 2.13. The maximum Gasteiger partial charge on any atom is 0.304 e. The zero-order chi connectivity index (χ0) is 15.0. The number of carboxylic acid groups (broad SMARTS) is 1. The molecule has 0 aliphatic rings. The van der Waals surface area contributed by atoms with Crippen LogP contribution in [0.3, 0.4) is 0 Å². The monoisotopic (exact) mass is 278 g/mol. The van der Waals surface area contributed by atoms with Crippen molar-refractivity contribution < 1.29 is 14.7 Å². The molecule has 0 aromatic heterocycles. The minimum atomic E-state index is -0.846. The molecule has 1 rings (SSSR count). The van der Waals surface area contributed by atoms with E-state index < -0.39 is 5.97 Å². The third kappa shape index (κ3) is 5.84. The standard InChI is InChI=1S/C15H22N2O3/c1-3-17(10-9-15(19)20)11-14(18)16-12(2)13-7-5-4-6-8-13/h4-8,12H,3,9-11H2,1-2H3,(H,16,18)(H,19,20). The first kappa shape index (κ1) is 16.2. The van der Waals surface area contributed by atoms with Crippen LogP contribution in [0, 0.1) is 0 Å². The molecule has 0 heterocycles. The summed E-state index contributed by atoms with van der Waals surface area (Å²) >= 11 is 0. The topological polar surface area (TPSA) is 69.6 Å². The quantitative estimate of drug-likeness (QED) is 0.759. The van der Waals surface area contributed by atoms with Crippen LogP contribution in [0.4, 0.5) is 0 Å². The molecule has 0 bridgehead atoms. The van der Waals surface area contributed by atoms with Crippen molar-refractivity contribution in [2.45, 2.75) is 26.3 Å². The first-order valence-corrected chi connectivity index (χ1v) is 6.81. The number of carbonyl (C=O) groups is 2. The van der Waals surface area contributed by atoms with Gasteiger partial charge in [-0.25, -0.2) is 0 Å². The van der Waals surface area contributed by atoms with Crippen LogP contribution in [0.5, 0.6) is 0 Å². The van der Waals surface area contributed by atoms with Gasteiger partial charge in [0.1, 0.15) is 0 Å². The number of carbonyl (C=O) groups excluding carboxylic acids is 1. The molecule has 1 unspecified atom stereocenters. The molecule has 0 spiro atoms. The predicted octanol–water partition coefficient (Wildman–Crippen LogP) is 1.66. The number of nitrogens with zero attached hydrogens (tertiary/aromatic N) is 1. The molecule has 0 aliphatic carbocycles. The van der Waals surface area contributed by atoms with Crippen molar-refractivity contribution in [1.82, 2.24) is 10.2 Å². The predicted molar refractivity (Wildman–Crippen MR) is 77.4 cm³/mol. The number of hydrogen-bond donors (Lipinski definition) is 2. The van der Waals surface area contributed by atoms with E-state index in [1.54, 1.807) is 0 Å². The van der Waals surface area contributed by atoms with E-state index >= 15 is 0 Å². The van der Waals surface area contributed by atoms with Crippen molar-refractivity contribution >= 4 is 11.9 Å². The summed E-state index contributed by atoms with van der Waals surface area (Å²) in [4.78, 5) is 24.3. The van der Waals surface area contributed by atoms with Crippen molar-refractivity contribution in [3.8, 4) is 0 Å². The summed E-state index contributed by atoms with van der Waals surface area (Å²) in [5, 5.41) is 11.6. The summed E-state index contributed by atoms with van der Waals surface area (Å²) in [6.07, 6.45) is 0.0510. The number of nitrogens with one attached hydrogen (secondary N) is 1. The molecular formula is C15H22N2O3. The van der Waals surface area contributed by atoms with E-state index in [2.05, 4.69) is 5.32 Å². The van der Waals surface area contributed by atoms with Gasteiger partial charge in [-0.2, -0.15) is 0 Å². The maximum absolute atomic E-state index is 11.9. The fraction of sp³-hybridized carbons (Fsp3) is 0.467. The summed E-state index contributed by atoms with van der Waals surface area (Å²) in [6.45, 7) is 5.11. The zero-order valence-electron chi connectivity index (χ0n) is 12.0. The molecule has 2 N–H and O–H groups in total. The minimum Gasteiger partial charge on any atom is -0.481 e. The highest BCUT2D eigenvalue weighted by molar-refractivity contribution is 5.78. The number of benzene rings is 1. The smallest absolute Gasteiger partial charge is 0.304 e. The van der Waals surface area contributed by atoms with Crippen LogP contribution < -0.4 is 5.32 Å². The molecule has 0 saturated carbocycles. The lowest BCUT2D eigenvalue weighted by atomic mass is 10.1. The second kappa shape index (κ2) is 8.32. The molecule has 1 aromatic rings. The van der Waals surface area contributed by atoms with Gasteiger partial charge in [0, 0.05) is 6.54 Å². The highest BCUT2D eigenvalue weighted by atomic mass is 16.4. The lowest BCUT2D eigenvalue weighted by molar-refractivity contribution is -0.137. The van der Waals surface area contributed by atoms with Gasteiger partial charge in [-0.1, -0.05) is 37.3 Å². The number of rotatable bonds is 8. The average Bonchev–Trinajstić information content (AvgIpc) is 2.44. The second-order valence-corrected chi connectivity index (χ2v) is 4.71. The van der Waals surface area contributed by atoms with Gasteiger partial charge in [0.25, 0.3) is 0 Å². The van der Waals surface area contributed by atoms with Gasteiger partial charge in [-0.15, -0.1) is 0 Å². The first-order valence-electron chi connectivity index (χ1n) is 6.81. The molecule has 110 valence electrons. The van der Waals surface area contributed by atoms with E-state index in [0.29, 0.717) is 13.1 Å². The fourth-order valence-electron chi connectivity index (χ4n) is 1.92. The Hall–Kier alpha value is -1.88. The van der Waals surface area contributed by atoms with Crippen molar-refractivity contribution in [2.24, 2.45) is 0 Å². The van der Waals surface area contributed by atoms with Gasteiger partial charge in [0.2, 0.25) is 5.91 Å². The fourth-order valence-corrected chi connectivity index (χ4v) is 1.92. The number of amides is 1. The summed E-state index contributed by atoms with van der Waals surface area (Å²) in [7, 11) is 0. The number of carboxylic acids is 1. The summed E-state index contributed by atoms with van der Waals surface area (Å²) < 4.78 is 0. The van der Waals surface area contributed by atoms with Crippen LogP contribution in [-0.4, -0.2) is 41.5 Å². The third-order valence-electron chi connectivity index (χ3n) is 3.13. The molecule has 1 atom stereocenters. The Kier molecular flexibility index (Phi) is 6.73. The van der Waals surface area contributed by atoms with E-state index in [9.17, 15) is 9.59 Å². The Labute approximate surface area is 119 Å². The van der Waals surface area contributed by atoms with E-state index in [1.165, 1.54) is 0 Å². The molecule has 0 saturated heterocycles. The minimum absolute atomic E-state index is 0.0510. The third-order valence-corrected chi connectivity index (χ3v) is 3.13. The molecule has 0 radical (unpaired) electrons.